The first-order valence-electron chi connectivity index (χ1n) is 11.2. The van der Waals surface area contributed by atoms with Crippen molar-refractivity contribution in [2.75, 3.05) is 0 Å². The smallest absolute Gasteiger partial charge is 0.0992 e. The summed E-state index contributed by atoms with van der Waals surface area (Å²) in [7, 11) is 0. The zero-order chi connectivity index (χ0) is 22.6. The van der Waals surface area contributed by atoms with Gasteiger partial charge < -0.3 is 9.13 Å². The molecule has 0 aliphatic carbocycles. The maximum Gasteiger partial charge on any atom is 0.0992 e. The topological polar surface area (TPSA) is 46.5 Å². The second kappa shape index (κ2) is 7.06. The number of hydrogen-bond donors (Lipinski definition) is 0. The fourth-order valence-corrected chi connectivity index (χ4v) is 5.08. The Bertz CT molecular complexity index is 1920. The highest BCUT2D eigenvalue weighted by Gasteiger charge is 2.19. The molecule has 4 heteroatoms. The van der Waals surface area contributed by atoms with E-state index in [2.05, 4.69) is 88.0 Å². The van der Waals surface area contributed by atoms with Crippen LogP contribution in [0.5, 0.6) is 0 Å². The zero-order valence-corrected chi connectivity index (χ0v) is 18.2. The van der Waals surface area contributed by atoms with E-state index in [0.717, 1.165) is 55.2 Å². The van der Waals surface area contributed by atoms with Crippen LogP contribution in [0.1, 0.15) is 5.56 Å². The molecular weight excluding hydrogens is 416 g/mol. The van der Waals surface area contributed by atoms with E-state index in [1.54, 1.807) is 0 Å². The van der Waals surface area contributed by atoms with Crippen molar-refractivity contribution < 1.29 is 0 Å². The van der Waals surface area contributed by atoms with E-state index in [9.17, 15) is 5.26 Å². The summed E-state index contributed by atoms with van der Waals surface area (Å²) in [6.07, 6.45) is 0. The fraction of sp³-hybridized carbons (Fsp3) is 0. The number of pyridine rings is 1. The lowest BCUT2D eigenvalue weighted by molar-refractivity contribution is 1.16. The molecule has 0 bridgehead atoms. The van der Waals surface area contributed by atoms with E-state index in [4.69, 9.17) is 4.98 Å². The van der Waals surface area contributed by atoms with E-state index in [-0.39, 0.29) is 0 Å². The third-order valence-electron chi connectivity index (χ3n) is 6.51. The van der Waals surface area contributed by atoms with Gasteiger partial charge in [0.25, 0.3) is 0 Å². The van der Waals surface area contributed by atoms with Crippen LogP contribution in [0.2, 0.25) is 0 Å². The maximum absolute atomic E-state index is 9.50. The molecule has 0 aliphatic heterocycles. The van der Waals surface area contributed by atoms with Crippen molar-refractivity contribution in [2.45, 2.75) is 0 Å². The number of nitriles is 1. The van der Waals surface area contributed by atoms with Gasteiger partial charge in [0.05, 0.1) is 44.7 Å². The van der Waals surface area contributed by atoms with Gasteiger partial charge in [-0.25, -0.2) is 4.98 Å². The highest BCUT2D eigenvalue weighted by Crippen LogP contribution is 2.37. The average Bonchev–Trinajstić information content (AvgIpc) is 3.40. The van der Waals surface area contributed by atoms with Gasteiger partial charge in [-0.1, -0.05) is 60.7 Å². The first-order chi connectivity index (χ1) is 16.8. The molecule has 0 unspecified atom stereocenters. The SMILES string of the molecule is N#Cc1cccc(-n2c3ccccc3c3nc4c5ccccc5n(-c5ccccc5)c4cc32)c1. The molecule has 7 rings (SSSR count). The number of hydrogen-bond acceptors (Lipinski definition) is 2. The second-order valence-electron chi connectivity index (χ2n) is 8.43. The second-order valence-corrected chi connectivity index (χ2v) is 8.43. The van der Waals surface area contributed by atoms with Crippen molar-refractivity contribution in [3.63, 3.8) is 0 Å². The van der Waals surface area contributed by atoms with Crippen molar-refractivity contribution in [3.8, 4) is 17.4 Å². The first-order valence-corrected chi connectivity index (χ1v) is 11.2. The fourth-order valence-electron chi connectivity index (χ4n) is 5.08. The van der Waals surface area contributed by atoms with E-state index in [1.165, 1.54) is 0 Å². The maximum atomic E-state index is 9.50. The summed E-state index contributed by atoms with van der Waals surface area (Å²) < 4.78 is 4.50. The van der Waals surface area contributed by atoms with E-state index >= 15 is 0 Å². The van der Waals surface area contributed by atoms with Crippen LogP contribution >= 0.6 is 0 Å². The van der Waals surface area contributed by atoms with Crippen LogP contribution in [0, 0.1) is 11.3 Å². The molecule has 0 saturated carbocycles. The van der Waals surface area contributed by atoms with E-state index in [0.29, 0.717) is 5.56 Å². The Labute approximate surface area is 195 Å². The first kappa shape index (κ1) is 18.7. The van der Waals surface area contributed by atoms with Gasteiger partial charge in [-0.15, -0.1) is 0 Å². The predicted molar refractivity (Wildman–Crippen MR) is 138 cm³/mol. The van der Waals surface area contributed by atoms with Crippen LogP contribution in [0.3, 0.4) is 0 Å². The molecule has 0 atom stereocenters. The van der Waals surface area contributed by atoms with Gasteiger partial charge >= 0.3 is 0 Å². The Morgan fingerprint density at radius 1 is 0.529 bits per heavy atom. The molecule has 0 radical (unpaired) electrons. The minimum Gasteiger partial charge on any atom is -0.308 e. The highest BCUT2D eigenvalue weighted by molar-refractivity contribution is 6.15. The van der Waals surface area contributed by atoms with Crippen LogP contribution in [0.15, 0.2) is 109 Å². The normalized spacial score (nSPS) is 11.5. The third kappa shape index (κ3) is 2.55. The minimum atomic E-state index is 0.635. The molecule has 0 amide bonds. The number of rotatable bonds is 2. The Morgan fingerprint density at radius 3 is 1.74 bits per heavy atom. The number of nitrogens with zero attached hydrogens (tertiary/aromatic N) is 4. The van der Waals surface area contributed by atoms with Gasteiger partial charge in [0, 0.05) is 22.1 Å². The quantitative estimate of drug-likeness (QED) is 0.290. The molecule has 0 N–H and O–H groups in total. The van der Waals surface area contributed by atoms with Gasteiger partial charge in [-0.2, -0.15) is 5.26 Å². The van der Waals surface area contributed by atoms with Crippen LogP contribution < -0.4 is 0 Å². The largest absolute Gasteiger partial charge is 0.308 e. The molecule has 158 valence electrons. The monoisotopic (exact) mass is 434 g/mol. The Hall–Kier alpha value is -4.88. The van der Waals surface area contributed by atoms with Crippen LogP contribution in [-0.2, 0) is 0 Å². The van der Waals surface area contributed by atoms with Gasteiger partial charge in [-0.3, -0.25) is 0 Å². The molecule has 3 aromatic heterocycles. The van der Waals surface area contributed by atoms with E-state index in [1.807, 2.05) is 36.4 Å². The van der Waals surface area contributed by atoms with Gasteiger partial charge in [0.2, 0.25) is 0 Å². The molecule has 0 saturated heterocycles. The summed E-state index contributed by atoms with van der Waals surface area (Å²) in [5.41, 5.74) is 8.91. The summed E-state index contributed by atoms with van der Waals surface area (Å²) >= 11 is 0. The van der Waals surface area contributed by atoms with Crippen LogP contribution in [0.4, 0.5) is 0 Å². The summed E-state index contributed by atoms with van der Waals surface area (Å²) in [6, 6.07) is 39.4. The number of benzene rings is 4. The van der Waals surface area contributed by atoms with Gasteiger partial charge in [0.1, 0.15) is 0 Å². The van der Waals surface area contributed by atoms with Crippen molar-refractivity contribution in [1.82, 2.24) is 14.1 Å². The lowest BCUT2D eigenvalue weighted by atomic mass is 10.2. The van der Waals surface area contributed by atoms with Gasteiger partial charge in [-0.05, 0) is 48.5 Å². The van der Waals surface area contributed by atoms with Crippen LogP contribution in [-0.4, -0.2) is 14.1 Å². The van der Waals surface area contributed by atoms with Gasteiger partial charge in [0.15, 0.2) is 0 Å². The molecule has 34 heavy (non-hydrogen) atoms. The number of aromatic nitrogens is 3. The number of para-hydroxylation sites is 3. The Balaban J connectivity index is 1.69. The lowest BCUT2D eigenvalue weighted by Gasteiger charge is -2.09. The molecule has 4 nitrogen and oxygen atoms in total. The predicted octanol–water partition coefficient (Wildman–Crippen LogP) is 7.15. The van der Waals surface area contributed by atoms with Crippen molar-refractivity contribution >= 4 is 43.9 Å². The average molecular weight is 435 g/mol. The molecule has 4 aromatic carbocycles. The summed E-state index contributed by atoms with van der Waals surface area (Å²) in [5.74, 6) is 0. The highest BCUT2D eigenvalue weighted by atomic mass is 15.0. The molecular formula is C30H18N4. The summed E-state index contributed by atoms with van der Waals surface area (Å²) in [5, 5.41) is 11.7. The van der Waals surface area contributed by atoms with Crippen molar-refractivity contribution in [2.24, 2.45) is 0 Å². The molecule has 0 fully saturated rings. The van der Waals surface area contributed by atoms with Crippen molar-refractivity contribution in [1.29, 1.82) is 5.26 Å². The minimum absolute atomic E-state index is 0.635. The summed E-state index contributed by atoms with van der Waals surface area (Å²) in [6.45, 7) is 0. The third-order valence-corrected chi connectivity index (χ3v) is 6.51. The molecule has 0 spiro atoms. The Morgan fingerprint density at radius 2 is 1.09 bits per heavy atom. The lowest BCUT2D eigenvalue weighted by Crippen LogP contribution is -1.96. The number of fused-ring (bicyclic) bond motifs is 6. The molecule has 0 aliphatic rings. The standard InChI is InChI=1S/C30H18N4/c31-19-20-9-8-12-22(17-20)34-26-16-7-5-14-24(26)30-28(34)18-27-29(32-30)23-13-4-6-15-25(23)33(27)21-10-2-1-3-11-21/h1-18H. The zero-order valence-electron chi connectivity index (χ0n) is 18.2. The summed E-state index contributed by atoms with van der Waals surface area (Å²) in [4.78, 5) is 5.26. The Kier molecular flexibility index (Phi) is 3.88. The molecule has 7 aromatic rings. The van der Waals surface area contributed by atoms with Crippen LogP contribution in [0.25, 0.3) is 55.2 Å². The molecule has 3 heterocycles. The van der Waals surface area contributed by atoms with Crippen molar-refractivity contribution in [3.05, 3.63) is 115 Å². The van der Waals surface area contributed by atoms with E-state index < -0.39 is 0 Å².